The van der Waals surface area contributed by atoms with Gasteiger partial charge in [-0.25, -0.2) is 0 Å². The molecular formula is C10H16N4O2. The van der Waals surface area contributed by atoms with Crippen molar-refractivity contribution in [2.24, 2.45) is 5.73 Å². The maximum Gasteiger partial charge on any atom is 0.240 e. The number of nitrogens with zero attached hydrogens (tertiary/aromatic N) is 3. The lowest BCUT2D eigenvalue weighted by molar-refractivity contribution is -0.131. The van der Waals surface area contributed by atoms with Gasteiger partial charge in [0.05, 0.1) is 13.0 Å². The number of likely N-dealkylation sites (tertiary alicyclic amines) is 1. The van der Waals surface area contributed by atoms with E-state index in [1.54, 1.807) is 0 Å². The molecule has 1 aromatic rings. The van der Waals surface area contributed by atoms with Crippen LogP contribution in [-0.4, -0.2) is 34.0 Å². The minimum atomic E-state index is 0.0732. The molecule has 2 rings (SSSR count). The zero-order valence-electron chi connectivity index (χ0n) is 9.19. The minimum Gasteiger partial charge on any atom is -0.342 e. The molecule has 1 aliphatic heterocycles. The van der Waals surface area contributed by atoms with Gasteiger partial charge in [-0.1, -0.05) is 5.16 Å². The third-order valence-corrected chi connectivity index (χ3v) is 2.70. The van der Waals surface area contributed by atoms with Gasteiger partial charge in [-0.05, 0) is 19.3 Å². The monoisotopic (exact) mass is 224 g/mol. The van der Waals surface area contributed by atoms with Gasteiger partial charge < -0.3 is 15.2 Å². The summed E-state index contributed by atoms with van der Waals surface area (Å²) in [6.45, 7) is 1.91. The number of carbonyl (C=O) groups excluding carboxylic acids is 1. The first-order valence-electron chi connectivity index (χ1n) is 5.59. The molecule has 0 unspecified atom stereocenters. The molecule has 1 saturated heterocycles. The Balaban J connectivity index is 1.90. The Bertz CT molecular complexity index is 357. The second kappa shape index (κ2) is 5.07. The molecule has 1 aliphatic rings. The Morgan fingerprint density at radius 1 is 1.38 bits per heavy atom. The minimum absolute atomic E-state index is 0.0732. The summed E-state index contributed by atoms with van der Waals surface area (Å²) < 4.78 is 4.85. The van der Waals surface area contributed by atoms with Crippen molar-refractivity contribution in [1.82, 2.24) is 15.0 Å². The van der Waals surface area contributed by atoms with Crippen molar-refractivity contribution < 1.29 is 9.32 Å². The van der Waals surface area contributed by atoms with Gasteiger partial charge >= 0.3 is 0 Å². The number of carbonyl (C=O) groups is 1. The SMILES string of the molecule is NCc1nc(CC(=O)N2CCCCC2)no1. The number of hydrogen-bond donors (Lipinski definition) is 1. The molecular weight excluding hydrogens is 208 g/mol. The number of hydrogen-bond acceptors (Lipinski definition) is 5. The molecule has 0 saturated carbocycles. The first-order valence-corrected chi connectivity index (χ1v) is 5.59. The molecule has 0 aromatic carbocycles. The summed E-state index contributed by atoms with van der Waals surface area (Å²) in [7, 11) is 0. The van der Waals surface area contributed by atoms with E-state index in [-0.39, 0.29) is 18.9 Å². The molecule has 0 atom stereocenters. The van der Waals surface area contributed by atoms with E-state index < -0.39 is 0 Å². The molecule has 0 radical (unpaired) electrons. The molecule has 0 aliphatic carbocycles. The predicted octanol–water partition coefficient (Wildman–Crippen LogP) is 0.0833. The number of aromatic nitrogens is 2. The quantitative estimate of drug-likeness (QED) is 0.786. The highest BCUT2D eigenvalue weighted by atomic mass is 16.5. The van der Waals surface area contributed by atoms with Crippen LogP contribution in [0.25, 0.3) is 0 Å². The van der Waals surface area contributed by atoms with Gasteiger partial charge in [0, 0.05) is 13.1 Å². The van der Waals surface area contributed by atoms with E-state index in [2.05, 4.69) is 10.1 Å². The van der Waals surface area contributed by atoms with Crippen LogP contribution in [0.2, 0.25) is 0 Å². The van der Waals surface area contributed by atoms with Crippen molar-refractivity contribution in [3.05, 3.63) is 11.7 Å². The molecule has 0 bridgehead atoms. The Labute approximate surface area is 93.8 Å². The molecule has 1 aromatic heterocycles. The summed E-state index contributed by atoms with van der Waals surface area (Å²) in [4.78, 5) is 17.7. The van der Waals surface area contributed by atoms with Gasteiger partial charge in [0.25, 0.3) is 0 Å². The second-order valence-corrected chi connectivity index (χ2v) is 3.93. The van der Waals surface area contributed by atoms with E-state index >= 15 is 0 Å². The molecule has 16 heavy (non-hydrogen) atoms. The van der Waals surface area contributed by atoms with Crippen molar-refractivity contribution in [2.45, 2.75) is 32.2 Å². The molecule has 1 fully saturated rings. The summed E-state index contributed by atoms with van der Waals surface area (Å²) in [6.07, 6.45) is 3.60. The van der Waals surface area contributed by atoms with Crippen LogP contribution < -0.4 is 5.73 Å². The number of amides is 1. The zero-order chi connectivity index (χ0) is 11.4. The summed E-state index contributed by atoms with van der Waals surface area (Å²) in [5, 5.41) is 3.71. The van der Waals surface area contributed by atoms with Crippen LogP contribution in [0.1, 0.15) is 31.0 Å². The number of rotatable bonds is 3. The molecule has 1 amide bonds. The first kappa shape index (κ1) is 11.1. The van der Waals surface area contributed by atoms with Gasteiger partial charge in [0.2, 0.25) is 11.8 Å². The molecule has 0 spiro atoms. The fourth-order valence-corrected chi connectivity index (χ4v) is 1.84. The lowest BCUT2D eigenvalue weighted by Gasteiger charge is -2.26. The lowest BCUT2D eigenvalue weighted by Crippen LogP contribution is -2.36. The Morgan fingerprint density at radius 3 is 2.75 bits per heavy atom. The maximum atomic E-state index is 11.8. The van der Waals surface area contributed by atoms with Gasteiger partial charge in [-0.3, -0.25) is 4.79 Å². The van der Waals surface area contributed by atoms with Crippen LogP contribution in [0.15, 0.2) is 4.52 Å². The number of nitrogens with two attached hydrogens (primary N) is 1. The normalized spacial score (nSPS) is 16.4. The van der Waals surface area contributed by atoms with Crippen molar-refractivity contribution in [2.75, 3.05) is 13.1 Å². The number of piperidine rings is 1. The van der Waals surface area contributed by atoms with Crippen molar-refractivity contribution in [1.29, 1.82) is 0 Å². The molecule has 2 heterocycles. The Hall–Kier alpha value is -1.43. The first-order chi connectivity index (χ1) is 7.79. The fourth-order valence-electron chi connectivity index (χ4n) is 1.84. The van der Waals surface area contributed by atoms with Crippen molar-refractivity contribution in [3.63, 3.8) is 0 Å². The maximum absolute atomic E-state index is 11.8. The third kappa shape index (κ3) is 2.57. The smallest absolute Gasteiger partial charge is 0.240 e. The van der Waals surface area contributed by atoms with Gasteiger partial charge in [0.15, 0.2) is 5.82 Å². The Kier molecular flexibility index (Phi) is 3.51. The van der Waals surface area contributed by atoms with Crippen molar-refractivity contribution in [3.8, 4) is 0 Å². The van der Waals surface area contributed by atoms with Gasteiger partial charge in [0.1, 0.15) is 0 Å². The van der Waals surface area contributed by atoms with Crippen LogP contribution in [0.3, 0.4) is 0 Å². The predicted molar refractivity (Wildman–Crippen MR) is 56.3 cm³/mol. The second-order valence-electron chi connectivity index (χ2n) is 3.93. The van der Waals surface area contributed by atoms with Crippen LogP contribution >= 0.6 is 0 Å². The molecule has 88 valence electrons. The van der Waals surface area contributed by atoms with Crippen LogP contribution in [-0.2, 0) is 17.8 Å². The zero-order valence-corrected chi connectivity index (χ0v) is 9.19. The summed E-state index contributed by atoms with van der Waals surface area (Å²) >= 11 is 0. The van der Waals surface area contributed by atoms with Gasteiger partial charge in [-0.15, -0.1) is 0 Å². The largest absolute Gasteiger partial charge is 0.342 e. The highest BCUT2D eigenvalue weighted by molar-refractivity contribution is 5.77. The third-order valence-electron chi connectivity index (χ3n) is 2.70. The van der Waals surface area contributed by atoms with E-state index in [1.807, 2.05) is 4.90 Å². The fraction of sp³-hybridized carbons (Fsp3) is 0.700. The van der Waals surface area contributed by atoms with E-state index in [4.69, 9.17) is 10.3 Å². The van der Waals surface area contributed by atoms with Gasteiger partial charge in [-0.2, -0.15) is 4.98 Å². The van der Waals surface area contributed by atoms with E-state index in [9.17, 15) is 4.79 Å². The van der Waals surface area contributed by atoms with E-state index in [0.717, 1.165) is 25.9 Å². The molecule has 2 N–H and O–H groups in total. The standard InChI is InChI=1S/C10H16N4O2/c11-7-9-12-8(13-16-9)6-10(15)14-4-2-1-3-5-14/h1-7,11H2. The van der Waals surface area contributed by atoms with Crippen LogP contribution in [0.4, 0.5) is 0 Å². The van der Waals surface area contributed by atoms with E-state index in [1.165, 1.54) is 6.42 Å². The lowest BCUT2D eigenvalue weighted by atomic mass is 10.1. The van der Waals surface area contributed by atoms with Crippen LogP contribution in [0, 0.1) is 0 Å². The molecule has 6 heteroatoms. The summed E-state index contributed by atoms with van der Waals surface area (Å²) in [5.74, 6) is 0.876. The topological polar surface area (TPSA) is 85.2 Å². The Morgan fingerprint density at radius 2 is 2.12 bits per heavy atom. The van der Waals surface area contributed by atoms with Crippen LogP contribution in [0.5, 0.6) is 0 Å². The average Bonchev–Trinajstić information content (AvgIpc) is 2.78. The summed E-state index contributed by atoms with van der Waals surface area (Å²) in [6, 6.07) is 0. The average molecular weight is 224 g/mol. The van der Waals surface area contributed by atoms with Crippen molar-refractivity contribution >= 4 is 5.91 Å². The summed E-state index contributed by atoms with van der Waals surface area (Å²) in [5.41, 5.74) is 5.35. The van der Waals surface area contributed by atoms with E-state index in [0.29, 0.717) is 11.7 Å². The molecule has 6 nitrogen and oxygen atoms in total. The highest BCUT2D eigenvalue weighted by Crippen LogP contribution is 2.10. The highest BCUT2D eigenvalue weighted by Gasteiger charge is 2.18.